The molecular weight excluding hydrogens is 398 g/mol. The number of hydrogen-bond acceptors (Lipinski definition) is 4. The highest BCUT2D eigenvalue weighted by atomic mass is 35.5. The van der Waals surface area contributed by atoms with Crippen molar-refractivity contribution < 1.29 is 4.79 Å². The first kappa shape index (κ1) is 19.8. The highest BCUT2D eigenvalue weighted by Crippen LogP contribution is 2.23. The zero-order chi connectivity index (χ0) is 20.8. The van der Waals surface area contributed by atoms with E-state index in [1.807, 2.05) is 66.7 Å². The van der Waals surface area contributed by atoms with Crippen molar-refractivity contribution in [1.82, 2.24) is 25.5 Å². The van der Waals surface area contributed by atoms with Crippen molar-refractivity contribution in [3.63, 3.8) is 0 Å². The van der Waals surface area contributed by atoms with Crippen molar-refractivity contribution in [3.05, 3.63) is 101 Å². The number of rotatable bonds is 7. The van der Waals surface area contributed by atoms with Crippen LogP contribution in [0.3, 0.4) is 0 Å². The number of nitrogens with zero attached hydrogens (tertiary/aromatic N) is 4. The Kier molecular flexibility index (Phi) is 6.15. The second-order valence-corrected chi connectivity index (χ2v) is 7.25. The van der Waals surface area contributed by atoms with E-state index in [4.69, 9.17) is 11.6 Å². The fourth-order valence-corrected chi connectivity index (χ4v) is 3.44. The molecule has 0 aliphatic rings. The summed E-state index contributed by atoms with van der Waals surface area (Å²) in [5.41, 5.74) is 2.86. The number of carbonyl (C=O) groups excluding carboxylic acids is 1. The number of nitrogens with one attached hydrogen (secondary N) is 1. The molecule has 4 rings (SSSR count). The van der Waals surface area contributed by atoms with Gasteiger partial charge in [-0.05, 0) is 34.9 Å². The standard InChI is InChI=1S/C23H20ClN5O/c24-20-14-8-7-13-19(20)23-26-28-29(27-23)16-22(30)25-21(18-11-5-2-6-12-18)15-17-9-3-1-4-10-17/h1-14,21H,15-16H2,(H,25,30)/t21-/m1/s1. The molecule has 0 spiro atoms. The first-order chi connectivity index (χ1) is 14.7. The van der Waals surface area contributed by atoms with Crippen molar-refractivity contribution in [3.8, 4) is 11.4 Å². The minimum absolute atomic E-state index is 0.0322. The van der Waals surface area contributed by atoms with Gasteiger partial charge in [-0.15, -0.1) is 10.2 Å². The van der Waals surface area contributed by atoms with Gasteiger partial charge >= 0.3 is 0 Å². The van der Waals surface area contributed by atoms with Crippen LogP contribution >= 0.6 is 11.6 Å². The van der Waals surface area contributed by atoms with Crippen molar-refractivity contribution in [2.24, 2.45) is 0 Å². The van der Waals surface area contributed by atoms with Gasteiger partial charge in [-0.2, -0.15) is 4.80 Å². The lowest BCUT2D eigenvalue weighted by atomic mass is 9.99. The molecule has 6 nitrogen and oxygen atoms in total. The average molecular weight is 418 g/mol. The lowest BCUT2D eigenvalue weighted by Gasteiger charge is -2.19. The quantitative estimate of drug-likeness (QED) is 0.491. The molecule has 1 amide bonds. The van der Waals surface area contributed by atoms with Crippen molar-refractivity contribution in [1.29, 1.82) is 0 Å². The van der Waals surface area contributed by atoms with E-state index in [0.717, 1.165) is 11.1 Å². The van der Waals surface area contributed by atoms with Gasteiger partial charge in [-0.25, -0.2) is 0 Å². The molecule has 30 heavy (non-hydrogen) atoms. The van der Waals surface area contributed by atoms with Gasteiger partial charge in [0.2, 0.25) is 11.7 Å². The highest BCUT2D eigenvalue weighted by Gasteiger charge is 2.17. The molecule has 0 aliphatic carbocycles. The van der Waals surface area contributed by atoms with E-state index in [-0.39, 0.29) is 18.5 Å². The van der Waals surface area contributed by atoms with E-state index >= 15 is 0 Å². The molecule has 150 valence electrons. The Morgan fingerprint density at radius 1 is 0.933 bits per heavy atom. The van der Waals surface area contributed by atoms with Crippen LogP contribution in [-0.4, -0.2) is 26.1 Å². The fourth-order valence-electron chi connectivity index (χ4n) is 3.22. The molecule has 1 aromatic heterocycles. The van der Waals surface area contributed by atoms with Crippen LogP contribution < -0.4 is 5.32 Å². The van der Waals surface area contributed by atoms with Gasteiger partial charge in [0.15, 0.2) is 0 Å². The van der Waals surface area contributed by atoms with Crippen molar-refractivity contribution >= 4 is 17.5 Å². The van der Waals surface area contributed by atoms with Crippen LogP contribution in [0.5, 0.6) is 0 Å². The summed E-state index contributed by atoms with van der Waals surface area (Å²) >= 11 is 6.19. The van der Waals surface area contributed by atoms with E-state index in [2.05, 4.69) is 32.9 Å². The summed E-state index contributed by atoms with van der Waals surface area (Å²) in [7, 11) is 0. The maximum Gasteiger partial charge on any atom is 0.244 e. The highest BCUT2D eigenvalue weighted by molar-refractivity contribution is 6.33. The van der Waals surface area contributed by atoms with Crippen LogP contribution in [0.25, 0.3) is 11.4 Å². The summed E-state index contributed by atoms with van der Waals surface area (Å²) in [5, 5.41) is 15.9. The zero-order valence-electron chi connectivity index (χ0n) is 16.1. The minimum Gasteiger partial charge on any atom is -0.347 e. The Bertz CT molecular complexity index is 1110. The number of aromatic nitrogens is 4. The second-order valence-electron chi connectivity index (χ2n) is 6.84. The van der Waals surface area contributed by atoms with Crippen molar-refractivity contribution in [2.75, 3.05) is 0 Å². The van der Waals surface area contributed by atoms with E-state index < -0.39 is 0 Å². The number of tetrazole rings is 1. The van der Waals surface area contributed by atoms with Gasteiger partial charge in [-0.3, -0.25) is 4.79 Å². The van der Waals surface area contributed by atoms with E-state index in [9.17, 15) is 4.79 Å². The number of halogens is 1. The Morgan fingerprint density at radius 2 is 1.60 bits per heavy atom. The van der Waals surface area contributed by atoms with Gasteiger partial charge < -0.3 is 5.32 Å². The normalized spacial score (nSPS) is 11.8. The summed E-state index contributed by atoms with van der Waals surface area (Å²) in [4.78, 5) is 14.0. The first-order valence-electron chi connectivity index (χ1n) is 9.60. The summed E-state index contributed by atoms with van der Waals surface area (Å²) in [6, 6.07) is 27.1. The molecule has 0 unspecified atom stereocenters. The summed E-state index contributed by atoms with van der Waals surface area (Å²) < 4.78 is 0. The van der Waals surface area contributed by atoms with Crippen molar-refractivity contribution in [2.45, 2.75) is 19.0 Å². The summed E-state index contributed by atoms with van der Waals surface area (Å²) in [6.07, 6.45) is 0.687. The molecule has 0 aliphatic heterocycles. The summed E-state index contributed by atoms with van der Waals surface area (Å²) in [6.45, 7) is -0.0322. The molecule has 0 radical (unpaired) electrons. The van der Waals surface area contributed by atoms with Crippen LogP contribution in [0.15, 0.2) is 84.9 Å². The summed E-state index contributed by atoms with van der Waals surface area (Å²) in [5.74, 6) is 0.195. The molecule has 4 aromatic rings. The van der Waals surface area contributed by atoms with Crippen LogP contribution in [0.2, 0.25) is 5.02 Å². The van der Waals surface area contributed by atoms with E-state index in [1.54, 1.807) is 6.07 Å². The number of amides is 1. The zero-order valence-corrected chi connectivity index (χ0v) is 16.9. The minimum atomic E-state index is -0.192. The predicted octanol–water partition coefficient (Wildman–Crippen LogP) is 4.09. The first-order valence-corrected chi connectivity index (χ1v) is 9.98. The third-order valence-corrected chi connectivity index (χ3v) is 5.00. The smallest absolute Gasteiger partial charge is 0.244 e. The van der Waals surface area contributed by atoms with Crippen LogP contribution in [0, 0.1) is 0 Å². The monoisotopic (exact) mass is 417 g/mol. The largest absolute Gasteiger partial charge is 0.347 e. The number of hydrogen-bond donors (Lipinski definition) is 1. The lowest BCUT2D eigenvalue weighted by Crippen LogP contribution is -2.33. The lowest BCUT2D eigenvalue weighted by molar-refractivity contribution is -0.122. The predicted molar refractivity (Wildman–Crippen MR) is 116 cm³/mol. The van der Waals surface area contributed by atoms with Gasteiger partial charge in [0.1, 0.15) is 6.54 Å². The molecule has 0 bridgehead atoms. The Hall–Kier alpha value is -3.51. The molecule has 3 aromatic carbocycles. The van der Waals surface area contributed by atoms with Gasteiger partial charge in [0.25, 0.3) is 0 Å². The molecule has 0 saturated carbocycles. The number of benzene rings is 3. The Morgan fingerprint density at radius 3 is 2.33 bits per heavy atom. The van der Waals surface area contributed by atoms with Crippen LogP contribution in [-0.2, 0) is 17.8 Å². The van der Waals surface area contributed by atoms with Gasteiger partial charge in [0, 0.05) is 5.56 Å². The van der Waals surface area contributed by atoms with E-state index in [0.29, 0.717) is 22.8 Å². The molecule has 0 saturated heterocycles. The second kappa shape index (κ2) is 9.33. The van der Waals surface area contributed by atoms with Crippen LogP contribution in [0.4, 0.5) is 0 Å². The fraction of sp³-hybridized carbons (Fsp3) is 0.130. The maximum absolute atomic E-state index is 12.7. The topological polar surface area (TPSA) is 72.7 Å². The molecule has 7 heteroatoms. The Balaban J connectivity index is 1.47. The third kappa shape index (κ3) is 4.90. The molecule has 1 atom stereocenters. The number of carbonyl (C=O) groups is 1. The molecule has 0 fully saturated rings. The van der Waals surface area contributed by atoms with Crippen LogP contribution in [0.1, 0.15) is 17.2 Å². The Labute approximate surface area is 179 Å². The maximum atomic E-state index is 12.7. The molecule has 1 N–H and O–H groups in total. The van der Waals surface area contributed by atoms with E-state index in [1.165, 1.54) is 4.80 Å². The third-order valence-electron chi connectivity index (χ3n) is 4.67. The molecular formula is C23H20ClN5O. The molecule has 1 heterocycles. The van der Waals surface area contributed by atoms with Gasteiger partial charge in [0.05, 0.1) is 11.1 Å². The SMILES string of the molecule is O=C(Cn1nnc(-c2ccccc2Cl)n1)N[C@H](Cc1ccccc1)c1ccccc1. The van der Waals surface area contributed by atoms with Gasteiger partial charge in [-0.1, -0.05) is 84.4 Å². The average Bonchev–Trinajstić information content (AvgIpc) is 3.23.